The number of phenols is 1. The number of ether oxygens (including phenoxy) is 1. The van der Waals surface area contributed by atoms with Gasteiger partial charge in [0.25, 0.3) is 0 Å². The molecule has 2 heterocycles. The molecule has 136 valence electrons. The number of thioether (sulfide) groups is 1. The lowest BCUT2D eigenvalue weighted by Gasteiger charge is -2.26. The molecule has 0 bridgehead atoms. The van der Waals surface area contributed by atoms with Crippen molar-refractivity contribution in [3.63, 3.8) is 0 Å². The number of para-hydroxylation sites is 1. The molecule has 0 spiro atoms. The fourth-order valence-corrected chi connectivity index (χ4v) is 3.96. The number of piperidine rings is 1. The minimum absolute atomic E-state index is 0.238. The van der Waals surface area contributed by atoms with Gasteiger partial charge in [0, 0.05) is 26.0 Å². The maximum atomic E-state index is 10.2. The van der Waals surface area contributed by atoms with Crippen molar-refractivity contribution in [1.29, 1.82) is 0 Å². The van der Waals surface area contributed by atoms with Gasteiger partial charge in [0.05, 0.1) is 12.2 Å². The third-order valence-electron chi connectivity index (χ3n) is 4.47. The first-order valence-corrected chi connectivity index (χ1v) is 9.84. The van der Waals surface area contributed by atoms with E-state index in [1.165, 1.54) is 32.4 Å². The maximum Gasteiger partial charge on any atom is 0.191 e. The maximum absolute atomic E-state index is 10.2. The first-order chi connectivity index (χ1) is 12.3. The molecule has 1 aliphatic heterocycles. The standard InChI is InChI=1S/C18H26N4O2S/c1-24-13-14-25-18-20-19-17(15-7-3-4-8-16(15)23)22(18)12-11-21-9-5-2-6-10-21/h3-4,7-8,23H,2,5-6,9-14H2,1H3. The summed E-state index contributed by atoms with van der Waals surface area (Å²) in [6.07, 6.45) is 3.90. The zero-order valence-corrected chi connectivity index (χ0v) is 15.5. The van der Waals surface area contributed by atoms with Crippen LogP contribution in [0.3, 0.4) is 0 Å². The average Bonchev–Trinajstić information content (AvgIpc) is 3.04. The number of benzene rings is 1. The molecule has 1 saturated heterocycles. The normalized spacial score (nSPS) is 15.6. The van der Waals surface area contributed by atoms with E-state index in [9.17, 15) is 5.11 Å². The summed E-state index contributed by atoms with van der Waals surface area (Å²) in [5.74, 6) is 1.80. The summed E-state index contributed by atoms with van der Waals surface area (Å²) in [7, 11) is 1.70. The van der Waals surface area contributed by atoms with Crippen LogP contribution in [-0.4, -0.2) is 63.9 Å². The van der Waals surface area contributed by atoms with Gasteiger partial charge >= 0.3 is 0 Å². The van der Waals surface area contributed by atoms with Crippen molar-refractivity contribution in [1.82, 2.24) is 19.7 Å². The smallest absolute Gasteiger partial charge is 0.191 e. The lowest BCUT2D eigenvalue weighted by atomic mass is 10.1. The first kappa shape index (κ1) is 18.2. The van der Waals surface area contributed by atoms with Crippen molar-refractivity contribution in [3.8, 4) is 17.1 Å². The van der Waals surface area contributed by atoms with Crippen molar-refractivity contribution in [2.24, 2.45) is 0 Å². The molecule has 25 heavy (non-hydrogen) atoms. The predicted octanol–water partition coefficient (Wildman–Crippen LogP) is 2.88. The zero-order valence-electron chi connectivity index (χ0n) is 14.7. The van der Waals surface area contributed by atoms with Gasteiger partial charge in [0.2, 0.25) is 0 Å². The van der Waals surface area contributed by atoms with Crippen LogP contribution in [-0.2, 0) is 11.3 Å². The number of aromatic hydroxyl groups is 1. The molecule has 1 aromatic heterocycles. The first-order valence-electron chi connectivity index (χ1n) is 8.85. The van der Waals surface area contributed by atoms with E-state index in [1.54, 1.807) is 24.9 Å². The van der Waals surface area contributed by atoms with Crippen LogP contribution in [0.25, 0.3) is 11.4 Å². The van der Waals surface area contributed by atoms with E-state index >= 15 is 0 Å². The van der Waals surface area contributed by atoms with Gasteiger partial charge in [-0.3, -0.25) is 0 Å². The molecule has 0 unspecified atom stereocenters. The molecular weight excluding hydrogens is 336 g/mol. The molecule has 0 amide bonds. The highest BCUT2D eigenvalue weighted by molar-refractivity contribution is 7.99. The van der Waals surface area contributed by atoms with Crippen LogP contribution in [0.15, 0.2) is 29.4 Å². The second kappa shape index (κ2) is 9.22. The van der Waals surface area contributed by atoms with Crippen molar-refractivity contribution < 1.29 is 9.84 Å². The molecule has 1 fully saturated rings. The number of rotatable bonds is 8. The molecule has 7 heteroatoms. The van der Waals surface area contributed by atoms with E-state index in [1.807, 2.05) is 18.2 Å². The number of methoxy groups -OCH3 is 1. The Balaban J connectivity index is 1.80. The number of hydrogen-bond donors (Lipinski definition) is 1. The number of likely N-dealkylation sites (tertiary alicyclic amines) is 1. The molecule has 0 aliphatic carbocycles. The third-order valence-corrected chi connectivity index (χ3v) is 5.40. The van der Waals surface area contributed by atoms with Gasteiger partial charge in [0.15, 0.2) is 11.0 Å². The molecule has 2 aromatic rings. The van der Waals surface area contributed by atoms with Gasteiger partial charge in [0.1, 0.15) is 5.75 Å². The highest BCUT2D eigenvalue weighted by Gasteiger charge is 2.18. The second-order valence-corrected chi connectivity index (χ2v) is 7.28. The fraction of sp³-hybridized carbons (Fsp3) is 0.556. The van der Waals surface area contributed by atoms with Crippen LogP contribution in [0.4, 0.5) is 0 Å². The van der Waals surface area contributed by atoms with Crippen molar-refractivity contribution in [3.05, 3.63) is 24.3 Å². The van der Waals surface area contributed by atoms with E-state index in [2.05, 4.69) is 19.7 Å². The monoisotopic (exact) mass is 362 g/mol. The third kappa shape index (κ3) is 4.74. The van der Waals surface area contributed by atoms with Crippen LogP contribution < -0.4 is 0 Å². The summed E-state index contributed by atoms with van der Waals surface area (Å²) in [6, 6.07) is 7.31. The number of phenolic OH excluding ortho intramolecular Hbond substituents is 1. The average molecular weight is 362 g/mol. The lowest BCUT2D eigenvalue weighted by molar-refractivity contribution is 0.217. The molecule has 1 aliphatic rings. The SMILES string of the molecule is COCCSc1nnc(-c2ccccc2O)n1CCN1CCCCC1. The van der Waals surface area contributed by atoms with Crippen molar-refractivity contribution in [2.45, 2.75) is 31.0 Å². The molecule has 0 atom stereocenters. The quantitative estimate of drug-likeness (QED) is 0.575. The van der Waals surface area contributed by atoms with Gasteiger partial charge in [-0.05, 0) is 38.1 Å². The van der Waals surface area contributed by atoms with Gasteiger partial charge in [-0.15, -0.1) is 10.2 Å². The number of nitrogens with zero attached hydrogens (tertiary/aromatic N) is 4. The van der Waals surface area contributed by atoms with Gasteiger partial charge in [-0.1, -0.05) is 30.3 Å². The minimum Gasteiger partial charge on any atom is -0.507 e. The molecule has 3 rings (SSSR count). The minimum atomic E-state index is 0.238. The molecular formula is C18H26N4O2S. The second-order valence-electron chi connectivity index (χ2n) is 6.22. The van der Waals surface area contributed by atoms with E-state index < -0.39 is 0 Å². The van der Waals surface area contributed by atoms with E-state index in [0.717, 1.165) is 35.4 Å². The molecule has 0 radical (unpaired) electrons. The van der Waals surface area contributed by atoms with E-state index in [4.69, 9.17) is 4.74 Å². The molecule has 0 saturated carbocycles. The Morgan fingerprint density at radius 1 is 1.12 bits per heavy atom. The summed E-state index contributed by atoms with van der Waals surface area (Å²) in [4.78, 5) is 2.50. The molecule has 6 nitrogen and oxygen atoms in total. The lowest BCUT2D eigenvalue weighted by Crippen LogP contribution is -2.32. The van der Waals surface area contributed by atoms with Crippen LogP contribution in [0.1, 0.15) is 19.3 Å². The summed E-state index contributed by atoms with van der Waals surface area (Å²) in [5, 5.41) is 19.8. The Bertz CT molecular complexity index is 671. The summed E-state index contributed by atoms with van der Waals surface area (Å²) >= 11 is 1.64. The predicted molar refractivity (Wildman–Crippen MR) is 100 cm³/mol. The summed E-state index contributed by atoms with van der Waals surface area (Å²) in [5.41, 5.74) is 0.729. The van der Waals surface area contributed by atoms with E-state index in [-0.39, 0.29) is 5.75 Å². The fourth-order valence-electron chi connectivity index (χ4n) is 3.10. The molecule has 1 N–H and O–H groups in total. The number of hydrogen-bond acceptors (Lipinski definition) is 6. The Labute approximate surface area is 153 Å². The Morgan fingerprint density at radius 2 is 1.92 bits per heavy atom. The van der Waals surface area contributed by atoms with Gasteiger partial charge < -0.3 is 19.3 Å². The highest BCUT2D eigenvalue weighted by atomic mass is 32.2. The van der Waals surface area contributed by atoms with Gasteiger partial charge in [-0.2, -0.15) is 0 Å². The van der Waals surface area contributed by atoms with Gasteiger partial charge in [-0.25, -0.2) is 0 Å². The Kier molecular flexibility index (Phi) is 6.72. The largest absolute Gasteiger partial charge is 0.507 e. The zero-order chi connectivity index (χ0) is 17.5. The van der Waals surface area contributed by atoms with Crippen LogP contribution in [0.2, 0.25) is 0 Å². The number of aromatic nitrogens is 3. The summed E-state index contributed by atoms with van der Waals surface area (Å²) < 4.78 is 7.27. The Morgan fingerprint density at radius 3 is 2.68 bits per heavy atom. The van der Waals surface area contributed by atoms with Crippen LogP contribution in [0, 0.1) is 0 Å². The topological polar surface area (TPSA) is 63.4 Å². The van der Waals surface area contributed by atoms with E-state index in [0.29, 0.717) is 6.61 Å². The highest BCUT2D eigenvalue weighted by Crippen LogP contribution is 2.30. The van der Waals surface area contributed by atoms with Crippen LogP contribution >= 0.6 is 11.8 Å². The van der Waals surface area contributed by atoms with Crippen LogP contribution in [0.5, 0.6) is 5.75 Å². The Hall–Kier alpha value is -1.57. The summed E-state index contributed by atoms with van der Waals surface area (Å²) in [6.45, 7) is 4.82. The molecule has 1 aromatic carbocycles. The van der Waals surface area contributed by atoms with Crippen molar-refractivity contribution >= 4 is 11.8 Å². The van der Waals surface area contributed by atoms with Crippen molar-refractivity contribution in [2.75, 3.05) is 39.1 Å².